The Kier molecular flexibility index (Phi) is 3.83. The predicted octanol–water partition coefficient (Wildman–Crippen LogP) is 3.03. The maximum Gasteiger partial charge on any atom is 0.119 e. The van der Waals surface area contributed by atoms with Gasteiger partial charge in [-0.2, -0.15) is 0 Å². The van der Waals surface area contributed by atoms with Gasteiger partial charge >= 0.3 is 0 Å². The Bertz CT molecular complexity index is 320. The van der Waals surface area contributed by atoms with Crippen LogP contribution in [0.5, 0.6) is 5.75 Å². The van der Waals surface area contributed by atoms with Crippen LogP contribution in [0.4, 0.5) is 0 Å². The molecule has 1 fully saturated rings. The molecule has 16 heavy (non-hydrogen) atoms. The Hall–Kier alpha value is -1.02. The van der Waals surface area contributed by atoms with Crippen LogP contribution in [0.1, 0.15) is 37.7 Å². The fraction of sp³-hybridized carbons (Fsp3) is 0.571. The van der Waals surface area contributed by atoms with Crippen molar-refractivity contribution in [2.45, 2.75) is 51.2 Å². The molecule has 88 valence electrons. The van der Waals surface area contributed by atoms with Gasteiger partial charge in [-0.25, -0.2) is 0 Å². The van der Waals surface area contributed by atoms with Crippen molar-refractivity contribution >= 4 is 0 Å². The van der Waals surface area contributed by atoms with E-state index in [-0.39, 0.29) is 12.1 Å². The zero-order chi connectivity index (χ0) is 11.4. The van der Waals surface area contributed by atoms with Gasteiger partial charge in [0.25, 0.3) is 0 Å². The summed E-state index contributed by atoms with van der Waals surface area (Å²) < 4.78 is 5.98. The highest BCUT2D eigenvalue weighted by molar-refractivity contribution is 5.26. The second-order valence-corrected chi connectivity index (χ2v) is 4.77. The molecule has 1 saturated carbocycles. The molecule has 2 unspecified atom stereocenters. The largest absolute Gasteiger partial charge is 0.489 e. The van der Waals surface area contributed by atoms with E-state index in [2.05, 4.69) is 19.1 Å². The summed E-state index contributed by atoms with van der Waals surface area (Å²) in [6, 6.07) is 8.43. The highest BCUT2D eigenvalue weighted by Gasteiger charge is 2.21. The van der Waals surface area contributed by atoms with Gasteiger partial charge in [-0.15, -0.1) is 0 Å². The van der Waals surface area contributed by atoms with Crippen LogP contribution in [0.2, 0.25) is 0 Å². The number of rotatable bonds is 2. The number of benzene rings is 1. The molecule has 0 aromatic heterocycles. The first-order chi connectivity index (χ1) is 7.75. The third kappa shape index (κ3) is 2.99. The molecule has 2 nitrogen and oxygen atoms in total. The lowest BCUT2D eigenvalue weighted by atomic mass is 10.1. The number of hydrogen-bond donors (Lipinski definition) is 1. The highest BCUT2D eigenvalue weighted by atomic mass is 16.5. The molecule has 0 aliphatic heterocycles. The molecule has 0 heterocycles. The van der Waals surface area contributed by atoms with E-state index in [1.54, 1.807) is 0 Å². The highest BCUT2D eigenvalue weighted by Crippen LogP contribution is 2.22. The van der Waals surface area contributed by atoms with Crippen LogP contribution in [0.25, 0.3) is 0 Å². The van der Waals surface area contributed by atoms with Crippen LogP contribution in [0.3, 0.4) is 0 Å². The summed E-state index contributed by atoms with van der Waals surface area (Å²) in [5, 5.41) is 0. The summed E-state index contributed by atoms with van der Waals surface area (Å²) in [4.78, 5) is 0. The number of nitrogens with two attached hydrogens (primary N) is 1. The third-order valence-corrected chi connectivity index (χ3v) is 3.31. The van der Waals surface area contributed by atoms with Gasteiger partial charge in [0, 0.05) is 6.04 Å². The molecule has 1 aliphatic rings. The SMILES string of the molecule is Cc1ccc(OC2CCCCCC2N)cc1. The fourth-order valence-corrected chi connectivity index (χ4v) is 2.24. The van der Waals surface area contributed by atoms with Gasteiger partial charge in [0.2, 0.25) is 0 Å². The molecule has 0 spiro atoms. The summed E-state index contributed by atoms with van der Waals surface area (Å²) >= 11 is 0. The van der Waals surface area contributed by atoms with Crippen LogP contribution >= 0.6 is 0 Å². The number of aryl methyl sites for hydroxylation is 1. The van der Waals surface area contributed by atoms with Gasteiger partial charge in [0.05, 0.1) is 0 Å². The van der Waals surface area contributed by atoms with E-state index in [1.807, 2.05) is 12.1 Å². The molecule has 0 bridgehead atoms. The van der Waals surface area contributed by atoms with Crippen molar-refractivity contribution in [1.29, 1.82) is 0 Å². The normalized spacial score (nSPS) is 26.1. The zero-order valence-electron chi connectivity index (χ0n) is 9.99. The molecule has 2 rings (SSSR count). The second kappa shape index (κ2) is 5.35. The lowest BCUT2D eigenvalue weighted by Gasteiger charge is -2.22. The minimum Gasteiger partial charge on any atom is -0.489 e. The smallest absolute Gasteiger partial charge is 0.119 e. The predicted molar refractivity (Wildman–Crippen MR) is 66.7 cm³/mol. The van der Waals surface area contributed by atoms with E-state index in [0.717, 1.165) is 18.6 Å². The van der Waals surface area contributed by atoms with Gasteiger partial charge in [-0.05, 0) is 38.3 Å². The summed E-state index contributed by atoms with van der Waals surface area (Å²) in [5.41, 5.74) is 7.39. The maximum atomic E-state index is 6.13. The van der Waals surface area contributed by atoms with Gasteiger partial charge in [-0.3, -0.25) is 0 Å². The Morgan fingerprint density at radius 3 is 2.50 bits per heavy atom. The molecule has 0 amide bonds. The van der Waals surface area contributed by atoms with Crippen molar-refractivity contribution in [1.82, 2.24) is 0 Å². The molecule has 1 aliphatic carbocycles. The zero-order valence-corrected chi connectivity index (χ0v) is 9.99. The first-order valence-corrected chi connectivity index (χ1v) is 6.24. The molecular weight excluding hydrogens is 198 g/mol. The Balaban J connectivity index is 1.99. The average molecular weight is 219 g/mol. The van der Waals surface area contributed by atoms with Crippen LogP contribution < -0.4 is 10.5 Å². The maximum absolute atomic E-state index is 6.13. The van der Waals surface area contributed by atoms with Crippen LogP contribution in [-0.4, -0.2) is 12.1 Å². The Labute approximate surface area is 97.8 Å². The van der Waals surface area contributed by atoms with Gasteiger partial charge in [0.15, 0.2) is 0 Å². The van der Waals surface area contributed by atoms with Crippen molar-refractivity contribution in [2.75, 3.05) is 0 Å². The van der Waals surface area contributed by atoms with E-state index in [0.29, 0.717) is 0 Å². The summed E-state index contributed by atoms with van der Waals surface area (Å²) in [7, 11) is 0. The second-order valence-electron chi connectivity index (χ2n) is 4.77. The van der Waals surface area contributed by atoms with Gasteiger partial charge in [-0.1, -0.05) is 30.5 Å². The minimum atomic E-state index is 0.198. The topological polar surface area (TPSA) is 35.2 Å². The van der Waals surface area contributed by atoms with Crippen LogP contribution in [-0.2, 0) is 0 Å². The molecule has 0 saturated heterocycles. The fourth-order valence-electron chi connectivity index (χ4n) is 2.24. The molecule has 2 N–H and O–H groups in total. The van der Waals surface area contributed by atoms with Crippen molar-refractivity contribution in [2.24, 2.45) is 5.73 Å². The molecule has 0 radical (unpaired) electrons. The molecule has 2 atom stereocenters. The third-order valence-electron chi connectivity index (χ3n) is 3.31. The van der Waals surface area contributed by atoms with Gasteiger partial charge in [0.1, 0.15) is 11.9 Å². The quantitative estimate of drug-likeness (QED) is 0.776. The van der Waals surface area contributed by atoms with Crippen LogP contribution in [0, 0.1) is 6.92 Å². The molecule has 2 heteroatoms. The Morgan fingerprint density at radius 1 is 1.06 bits per heavy atom. The lowest BCUT2D eigenvalue weighted by molar-refractivity contribution is 0.163. The van der Waals surface area contributed by atoms with E-state index in [9.17, 15) is 0 Å². The monoisotopic (exact) mass is 219 g/mol. The van der Waals surface area contributed by atoms with E-state index in [1.165, 1.54) is 24.8 Å². The van der Waals surface area contributed by atoms with Crippen molar-refractivity contribution in [3.63, 3.8) is 0 Å². The summed E-state index contributed by atoms with van der Waals surface area (Å²) in [5.74, 6) is 0.952. The van der Waals surface area contributed by atoms with Crippen molar-refractivity contribution in [3.05, 3.63) is 29.8 Å². The minimum absolute atomic E-state index is 0.198. The van der Waals surface area contributed by atoms with Crippen molar-refractivity contribution in [3.8, 4) is 5.75 Å². The molecule has 1 aromatic rings. The van der Waals surface area contributed by atoms with E-state index < -0.39 is 0 Å². The summed E-state index contributed by atoms with van der Waals surface area (Å²) in [6.07, 6.45) is 6.16. The standard InChI is InChI=1S/C14H21NO/c1-11-7-9-12(10-8-11)16-14-6-4-2-3-5-13(14)15/h7-10,13-14H,2-6,15H2,1H3. The van der Waals surface area contributed by atoms with E-state index >= 15 is 0 Å². The first-order valence-electron chi connectivity index (χ1n) is 6.24. The average Bonchev–Trinajstić information content (AvgIpc) is 2.48. The molecule has 1 aromatic carbocycles. The van der Waals surface area contributed by atoms with E-state index in [4.69, 9.17) is 10.5 Å². The van der Waals surface area contributed by atoms with Crippen LogP contribution in [0.15, 0.2) is 24.3 Å². The molecular formula is C14H21NO. The van der Waals surface area contributed by atoms with Crippen molar-refractivity contribution < 1.29 is 4.74 Å². The number of hydrogen-bond acceptors (Lipinski definition) is 2. The Morgan fingerprint density at radius 2 is 1.75 bits per heavy atom. The number of ether oxygens (including phenoxy) is 1. The lowest BCUT2D eigenvalue weighted by Crippen LogP contribution is -2.37. The summed E-state index contributed by atoms with van der Waals surface area (Å²) in [6.45, 7) is 2.08. The first kappa shape index (κ1) is 11.5. The van der Waals surface area contributed by atoms with Gasteiger partial charge < -0.3 is 10.5 Å².